The van der Waals surface area contributed by atoms with E-state index in [-0.39, 0.29) is 46.8 Å². The molecule has 2 N–H and O–H groups in total. The average Bonchev–Trinajstić information content (AvgIpc) is 3.54. The number of likely N-dealkylation sites (tertiary alicyclic amines) is 1. The number of carbonyl (C=O) groups is 2. The maximum Gasteiger partial charge on any atom is 0.573 e. The van der Waals surface area contributed by atoms with Crippen molar-refractivity contribution in [3.05, 3.63) is 29.3 Å². The highest BCUT2D eigenvalue weighted by Gasteiger charge is 2.70. The largest absolute Gasteiger partial charge is 0.573 e. The fraction of sp³-hybridized carbons (Fsp3) is 0.636. The van der Waals surface area contributed by atoms with Crippen LogP contribution in [0.1, 0.15) is 36.8 Å². The molecular weight excluding hydrogens is 413 g/mol. The zero-order chi connectivity index (χ0) is 22.2. The Morgan fingerprint density at radius 3 is 2.68 bits per heavy atom. The van der Waals surface area contributed by atoms with Gasteiger partial charge in [-0.3, -0.25) is 4.79 Å². The van der Waals surface area contributed by atoms with Crippen LogP contribution in [0.5, 0.6) is 5.75 Å². The van der Waals surface area contributed by atoms with Gasteiger partial charge in [-0.15, -0.1) is 13.2 Å². The van der Waals surface area contributed by atoms with Crippen molar-refractivity contribution in [2.24, 2.45) is 28.9 Å². The third-order valence-corrected chi connectivity index (χ3v) is 7.99. The van der Waals surface area contributed by atoms with Gasteiger partial charge in [0.1, 0.15) is 5.75 Å². The Morgan fingerprint density at radius 1 is 1.26 bits per heavy atom. The first-order valence-electron chi connectivity index (χ1n) is 10.6. The number of carbonyl (C=O) groups excluding carboxylic acids is 2. The number of alkyl halides is 3. The predicted octanol–water partition coefficient (Wildman–Crippen LogP) is 3.51. The van der Waals surface area contributed by atoms with E-state index in [0.717, 1.165) is 31.2 Å². The number of hydrogen-bond acceptors (Lipinski definition) is 4. The molecule has 5 atom stereocenters. The molecular formula is C22H25F3N2O4. The molecule has 168 valence electrons. The quantitative estimate of drug-likeness (QED) is 0.763. The molecule has 5 rings (SSSR count). The van der Waals surface area contributed by atoms with E-state index in [4.69, 9.17) is 10.5 Å². The summed E-state index contributed by atoms with van der Waals surface area (Å²) in [5, 5.41) is 0. The lowest BCUT2D eigenvalue weighted by atomic mass is 9.74. The van der Waals surface area contributed by atoms with Crippen LogP contribution in [0.4, 0.5) is 18.0 Å². The van der Waals surface area contributed by atoms with E-state index in [1.54, 1.807) is 13.0 Å². The van der Waals surface area contributed by atoms with Crippen LogP contribution in [0.15, 0.2) is 18.2 Å². The van der Waals surface area contributed by atoms with Crippen molar-refractivity contribution in [3.63, 3.8) is 0 Å². The number of halogens is 3. The topological polar surface area (TPSA) is 81.9 Å². The second kappa shape index (κ2) is 6.53. The van der Waals surface area contributed by atoms with E-state index in [1.165, 1.54) is 6.07 Å². The Labute approximate surface area is 177 Å². The summed E-state index contributed by atoms with van der Waals surface area (Å²) in [6.07, 6.45) is -2.27. The van der Waals surface area contributed by atoms with Gasteiger partial charge in [-0.1, -0.05) is 12.1 Å². The summed E-state index contributed by atoms with van der Waals surface area (Å²) in [4.78, 5) is 25.7. The fourth-order valence-corrected chi connectivity index (χ4v) is 6.00. The smallest absolute Gasteiger partial charge is 0.449 e. The fourth-order valence-electron chi connectivity index (χ4n) is 6.00. The van der Waals surface area contributed by atoms with E-state index >= 15 is 0 Å². The van der Waals surface area contributed by atoms with E-state index in [2.05, 4.69) is 4.74 Å². The van der Waals surface area contributed by atoms with Crippen LogP contribution in [0, 0.1) is 30.1 Å². The monoisotopic (exact) mass is 438 g/mol. The Kier molecular flexibility index (Phi) is 4.31. The van der Waals surface area contributed by atoms with Crippen molar-refractivity contribution in [2.45, 2.75) is 44.4 Å². The minimum atomic E-state index is -4.72. The molecule has 3 unspecified atom stereocenters. The molecule has 1 aliphatic heterocycles. The van der Waals surface area contributed by atoms with Gasteiger partial charge in [-0.2, -0.15) is 0 Å². The molecule has 0 bridgehead atoms. The third kappa shape index (κ3) is 3.42. The number of rotatable bonds is 5. The molecule has 3 aliphatic carbocycles. The second-order valence-electron chi connectivity index (χ2n) is 9.71. The summed E-state index contributed by atoms with van der Waals surface area (Å²) in [5.41, 5.74) is 6.13. The lowest BCUT2D eigenvalue weighted by molar-refractivity contribution is -0.274. The average molecular weight is 438 g/mol. The Hall–Kier alpha value is -2.45. The number of nitrogens with two attached hydrogens (primary N) is 1. The van der Waals surface area contributed by atoms with Crippen molar-refractivity contribution in [1.29, 1.82) is 0 Å². The molecule has 4 fully saturated rings. The number of nitrogens with zero attached hydrogens (tertiary/aromatic N) is 1. The maximum atomic E-state index is 13.0. The Bertz CT molecular complexity index is 951. The number of piperidine rings is 1. The summed E-state index contributed by atoms with van der Waals surface area (Å²) >= 11 is 0. The molecule has 2 amide bonds. The highest BCUT2D eigenvalue weighted by Crippen LogP contribution is 2.71. The van der Waals surface area contributed by atoms with E-state index in [0.29, 0.717) is 18.7 Å². The lowest BCUT2D eigenvalue weighted by Crippen LogP contribution is -2.48. The van der Waals surface area contributed by atoms with Crippen LogP contribution < -0.4 is 10.5 Å². The Balaban J connectivity index is 1.20. The number of amides is 2. The van der Waals surface area contributed by atoms with E-state index < -0.39 is 12.5 Å². The van der Waals surface area contributed by atoms with Crippen molar-refractivity contribution >= 4 is 12.0 Å². The van der Waals surface area contributed by atoms with Gasteiger partial charge in [-0.05, 0) is 61.6 Å². The summed E-state index contributed by atoms with van der Waals surface area (Å²) < 4.78 is 47.3. The number of hydrogen-bond donors (Lipinski definition) is 1. The summed E-state index contributed by atoms with van der Waals surface area (Å²) in [5.74, 6) is 0.510. The molecule has 0 radical (unpaired) electrons. The van der Waals surface area contributed by atoms with Gasteiger partial charge < -0.3 is 20.1 Å². The first-order chi connectivity index (χ1) is 14.5. The number of fused-ring (bicyclic) bond motifs is 2. The van der Waals surface area contributed by atoms with Gasteiger partial charge in [0.25, 0.3) is 0 Å². The molecule has 1 aromatic rings. The number of aryl methyl sites for hydroxylation is 1. The summed E-state index contributed by atoms with van der Waals surface area (Å²) in [7, 11) is 0. The minimum Gasteiger partial charge on any atom is -0.449 e. The highest BCUT2D eigenvalue weighted by molar-refractivity contribution is 5.82. The van der Waals surface area contributed by atoms with Crippen molar-refractivity contribution in [3.8, 4) is 5.75 Å². The molecule has 0 spiro atoms. The molecule has 9 heteroatoms. The minimum absolute atomic E-state index is 0.0195. The van der Waals surface area contributed by atoms with Crippen LogP contribution in [0.2, 0.25) is 0 Å². The molecule has 6 nitrogen and oxygen atoms in total. The first-order valence-corrected chi connectivity index (χ1v) is 10.6. The van der Waals surface area contributed by atoms with Gasteiger partial charge in [0.2, 0.25) is 5.91 Å². The van der Waals surface area contributed by atoms with E-state index in [1.807, 2.05) is 11.0 Å². The van der Waals surface area contributed by atoms with Crippen LogP contribution in [-0.2, 0) is 14.9 Å². The summed E-state index contributed by atoms with van der Waals surface area (Å²) in [6, 6.07) is 5.08. The van der Waals surface area contributed by atoms with Crippen LogP contribution >= 0.6 is 0 Å². The van der Waals surface area contributed by atoms with Crippen LogP contribution in [0.25, 0.3) is 0 Å². The third-order valence-electron chi connectivity index (χ3n) is 7.99. The first kappa shape index (κ1) is 20.5. The number of benzene rings is 1. The van der Waals surface area contributed by atoms with Crippen molar-refractivity contribution < 1.29 is 32.2 Å². The second-order valence-corrected chi connectivity index (χ2v) is 9.71. The molecule has 1 saturated heterocycles. The summed E-state index contributed by atoms with van der Waals surface area (Å²) in [6.45, 7) is 3.13. The molecule has 0 aromatic heterocycles. The molecule has 31 heavy (non-hydrogen) atoms. The standard InChI is InChI=1S/C22H25F3N2O4/c1-12-2-3-13(6-17(12)31-22(23,24)25)21-4-5-27(10-14(21)7-21)18(28)15-8-20(9-16(15)20)11-30-19(26)29/h2-3,6,14-16H,4-5,7-11H2,1H3,(H2,26,29)/t14?,15-,16?,20-,21?/m1/s1. The predicted molar refractivity (Wildman–Crippen MR) is 103 cm³/mol. The van der Waals surface area contributed by atoms with Gasteiger partial charge in [0.05, 0.1) is 6.61 Å². The lowest BCUT2D eigenvalue weighted by Gasteiger charge is -2.39. The molecule has 1 aromatic carbocycles. The zero-order valence-electron chi connectivity index (χ0n) is 17.2. The maximum absolute atomic E-state index is 13.0. The van der Waals surface area contributed by atoms with Gasteiger partial charge >= 0.3 is 12.5 Å². The SMILES string of the molecule is Cc1ccc(C23CCN(C(=O)[C@@H]4C[C@]5(COC(N)=O)CC45)CC2C3)cc1OC(F)(F)F. The number of ether oxygens (including phenoxy) is 2. The van der Waals surface area contributed by atoms with Crippen molar-refractivity contribution in [2.75, 3.05) is 19.7 Å². The zero-order valence-corrected chi connectivity index (χ0v) is 17.2. The van der Waals surface area contributed by atoms with Crippen LogP contribution in [0.3, 0.4) is 0 Å². The van der Waals surface area contributed by atoms with Gasteiger partial charge in [0.15, 0.2) is 0 Å². The highest BCUT2D eigenvalue weighted by atomic mass is 19.4. The number of primary amides is 1. The van der Waals surface area contributed by atoms with Crippen molar-refractivity contribution in [1.82, 2.24) is 4.90 Å². The Morgan fingerprint density at radius 2 is 2.03 bits per heavy atom. The van der Waals surface area contributed by atoms with Gasteiger partial charge in [-0.25, -0.2) is 4.79 Å². The van der Waals surface area contributed by atoms with Gasteiger partial charge in [0, 0.05) is 29.8 Å². The molecule has 4 aliphatic rings. The normalized spacial score (nSPS) is 35.4. The molecule has 1 heterocycles. The van der Waals surface area contributed by atoms with E-state index in [9.17, 15) is 22.8 Å². The molecule has 3 saturated carbocycles. The van der Waals surface area contributed by atoms with Crippen LogP contribution in [-0.4, -0.2) is 43.0 Å².